The van der Waals surface area contributed by atoms with E-state index in [2.05, 4.69) is 15.7 Å². The second-order valence-corrected chi connectivity index (χ2v) is 11.9. The monoisotopic (exact) mass is 712 g/mol. The Labute approximate surface area is 278 Å². The summed E-state index contributed by atoms with van der Waals surface area (Å²) in [6, 6.07) is 3.78. The first-order chi connectivity index (χ1) is 22.6. The Morgan fingerprint density at radius 3 is 1.90 bits per heavy atom. The molecule has 6 N–H and O–H groups in total. The van der Waals surface area contributed by atoms with Gasteiger partial charge in [0.25, 0.3) is 0 Å². The molecule has 0 spiro atoms. The number of guanidine groups is 1. The van der Waals surface area contributed by atoms with Crippen molar-refractivity contribution in [2.75, 3.05) is 33.7 Å². The van der Waals surface area contributed by atoms with Gasteiger partial charge >= 0.3 is 18.5 Å². The number of hydrogen-bond acceptors (Lipinski definition) is 6. The number of nitrogens with two attached hydrogens (primary N) is 2. The zero-order valence-electron chi connectivity index (χ0n) is 27.5. The lowest BCUT2D eigenvalue weighted by atomic mass is 9.84. The maximum absolute atomic E-state index is 14.0. The van der Waals surface area contributed by atoms with E-state index in [-0.39, 0.29) is 17.6 Å². The maximum Gasteiger partial charge on any atom is 0.416 e. The minimum Gasteiger partial charge on any atom is -0.368 e. The van der Waals surface area contributed by atoms with Crippen LogP contribution in [0.4, 0.5) is 39.5 Å². The summed E-state index contributed by atoms with van der Waals surface area (Å²) >= 11 is 0. The van der Waals surface area contributed by atoms with Crippen LogP contribution in [-0.4, -0.2) is 66.1 Å². The molecule has 1 saturated heterocycles. The molecule has 1 atom stereocenters. The maximum atomic E-state index is 14.0. The Bertz CT molecular complexity index is 1430. The van der Waals surface area contributed by atoms with Crippen LogP contribution >= 0.6 is 0 Å². The topological polar surface area (TPSA) is 115 Å². The number of benzene rings is 2. The number of hydrazine groups is 2. The zero-order chi connectivity index (χ0) is 36.9. The minimum absolute atomic E-state index is 0.00705. The number of halogens is 9. The van der Waals surface area contributed by atoms with Gasteiger partial charge in [-0.15, -0.1) is 0 Å². The molecule has 0 bridgehead atoms. The molecular weight excluding hydrogens is 671 g/mol. The van der Waals surface area contributed by atoms with Crippen LogP contribution in [0.3, 0.4) is 0 Å². The molecule has 2 aromatic carbocycles. The highest BCUT2D eigenvalue weighted by Crippen LogP contribution is 2.39. The van der Waals surface area contributed by atoms with Gasteiger partial charge in [0.2, 0.25) is 11.9 Å². The van der Waals surface area contributed by atoms with Crippen molar-refractivity contribution in [2.45, 2.75) is 76.3 Å². The third-order valence-corrected chi connectivity index (χ3v) is 8.46. The summed E-state index contributed by atoms with van der Waals surface area (Å²) in [6.07, 6.45) is -13.9. The molecule has 1 fully saturated rings. The first kappa shape index (κ1) is 39.8. The van der Waals surface area contributed by atoms with E-state index in [1.165, 1.54) is 25.1 Å². The summed E-state index contributed by atoms with van der Waals surface area (Å²) < 4.78 is 124. The molecule has 0 radical (unpaired) electrons. The molecule has 1 amide bonds. The molecule has 0 saturated carbocycles. The van der Waals surface area contributed by atoms with Crippen LogP contribution < -0.4 is 22.3 Å². The molecule has 0 aliphatic carbocycles. The number of hydrogen-bond donors (Lipinski definition) is 4. The highest BCUT2D eigenvalue weighted by molar-refractivity contribution is 5.84. The van der Waals surface area contributed by atoms with Crippen LogP contribution in [0.1, 0.15) is 72.5 Å². The third kappa shape index (κ3) is 9.98. The van der Waals surface area contributed by atoms with Crippen molar-refractivity contribution in [2.24, 2.45) is 16.6 Å². The predicted molar refractivity (Wildman–Crippen MR) is 165 cm³/mol. The molecule has 1 aliphatic rings. The lowest BCUT2D eigenvalue weighted by molar-refractivity contribution is -0.143. The quantitative estimate of drug-likeness (QED) is 0.0809. The van der Waals surface area contributed by atoms with Crippen LogP contribution in [-0.2, 0) is 36.4 Å². The molecule has 3 rings (SSSR count). The van der Waals surface area contributed by atoms with Crippen LogP contribution in [0, 0.1) is 0 Å². The Morgan fingerprint density at radius 2 is 1.47 bits per heavy atom. The van der Waals surface area contributed by atoms with Crippen molar-refractivity contribution in [3.63, 3.8) is 0 Å². The van der Waals surface area contributed by atoms with Crippen LogP contribution in [0.15, 0.2) is 41.4 Å². The first-order valence-corrected chi connectivity index (χ1v) is 15.4. The molecule has 1 unspecified atom stereocenters. The summed E-state index contributed by atoms with van der Waals surface area (Å²) in [5, 5.41) is 4.08. The second kappa shape index (κ2) is 15.5. The number of likely N-dealkylation sites (N-methyl/N-ethyl adjacent to an activating group) is 1. The summed E-state index contributed by atoms with van der Waals surface area (Å²) in [7, 11) is 2.62. The van der Waals surface area contributed by atoms with E-state index >= 15 is 0 Å². The fourth-order valence-electron chi connectivity index (χ4n) is 6.15. The Kier molecular flexibility index (Phi) is 12.6. The fourth-order valence-corrected chi connectivity index (χ4v) is 6.15. The summed E-state index contributed by atoms with van der Waals surface area (Å²) in [5.74, 6) is 5.07. The SMILES string of the molecule is CCNC1(C(N)=O)CCN(C(CC)c2ccc(C(F)(F)F)cc2CN(Cc2cc(C(F)(F)F)cc(C(F)(F)F)c2)C(=NC)NN(C)N)CC1. The highest BCUT2D eigenvalue weighted by Gasteiger charge is 2.41. The lowest BCUT2D eigenvalue weighted by Gasteiger charge is -2.43. The van der Waals surface area contributed by atoms with Crippen molar-refractivity contribution in [1.82, 2.24) is 25.7 Å². The summed E-state index contributed by atoms with van der Waals surface area (Å²) in [5.41, 5.74) is 3.42. The van der Waals surface area contributed by atoms with Gasteiger partial charge in [0, 0.05) is 46.3 Å². The van der Waals surface area contributed by atoms with Crippen LogP contribution in [0.5, 0.6) is 0 Å². The Balaban J connectivity index is 2.14. The number of rotatable bonds is 11. The van der Waals surface area contributed by atoms with Gasteiger partial charge in [-0.3, -0.25) is 26.0 Å². The smallest absolute Gasteiger partial charge is 0.368 e. The Morgan fingerprint density at radius 1 is 0.918 bits per heavy atom. The van der Waals surface area contributed by atoms with Gasteiger partial charge in [0.1, 0.15) is 5.54 Å². The van der Waals surface area contributed by atoms with Gasteiger partial charge in [0.05, 0.1) is 16.7 Å². The van der Waals surface area contributed by atoms with E-state index in [9.17, 15) is 44.3 Å². The zero-order valence-corrected chi connectivity index (χ0v) is 27.5. The van der Waals surface area contributed by atoms with Crippen molar-refractivity contribution >= 4 is 11.9 Å². The number of aliphatic imine (C=N–C) groups is 1. The number of carbonyl (C=O) groups excluding carboxylic acids is 1. The molecule has 49 heavy (non-hydrogen) atoms. The van der Waals surface area contributed by atoms with E-state index in [0.29, 0.717) is 56.6 Å². The minimum atomic E-state index is -5.12. The molecule has 0 aromatic heterocycles. The summed E-state index contributed by atoms with van der Waals surface area (Å²) in [6.45, 7) is 3.84. The van der Waals surface area contributed by atoms with Crippen molar-refractivity contribution in [3.8, 4) is 0 Å². The van der Waals surface area contributed by atoms with Gasteiger partial charge in [-0.05, 0) is 72.8 Å². The third-order valence-electron chi connectivity index (χ3n) is 8.46. The van der Waals surface area contributed by atoms with Crippen molar-refractivity contribution in [1.29, 1.82) is 0 Å². The largest absolute Gasteiger partial charge is 0.416 e. The average molecular weight is 713 g/mol. The van der Waals surface area contributed by atoms with E-state index in [4.69, 9.17) is 11.6 Å². The normalized spacial score (nSPS) is 16.9. The number of likely N-dealkylation sites (tertiary alicyclic amines) is 1. The molecule has 1 aliphatic heterocycles. The second-order valence-electron chi connectivity index (χ2n) is 11.9. The standard InChI is InChI=1S/C31H41F9N8O/c1-5-25(47-11-9-28(10-12-47,26(41)49)44-6-2)24-8-7-21(29(32,33)34)15-20(24)18-48(27(43-3)45-46(4)42)17-19-13-22(30(35,36)37)16-23(14-19)31(38,39)40/h7-8,13-16,25,44H,5-6,9-12,17-18,42H2,1-4H3,(H2,41,49)(H,43,45). The molecule has 1 heterocycles. The highest BCUT2D eigenvalue weighted by atomic mass is 19.4. The van der Waals surface area contributed by atoms with Gasteiger partial charge in [0.15, 0.2) is 0 Å². The van der Waals surface area contributed by atoms with E-state index in [1.807, 2.05) is 18.7 Å². The van der Waals surface area contributed by atoms with E-state index in [0.717, 1.165) is 17.3 Å². The molecule has 18 heteroatoms. The lowest BCUT2D eigenvalue weighted by Crippen LogP contribution is -2.61. The molecule has 2 aromatic rings. The number of nitrogens with one attached hydrogen (secondary N) is 2. The van der Waals surface area contributed by atoms with E-state index in [1.54, 1.807) is 0 Å². The molecule has 274 valence electrons. The van der Waals surface area contributed by atoms with Gasteiger partial charge in [-0.25, -0.2) is 0 Å². The van der Waals surface area contributed by atoms with Crippen LogP contribution in [0.25, 0.3) is 0 Å². The van der Waals surface area contributed by atoms with Gasteiger partial charge in [-0.2, -0.15) is 44.6 Å². The average Bonchev–Trinajstić information content (AvgIpc) is 2.99. The molecular formula is C31H41F9N8O. The van der Waals surface area contributed by atoms with Gasteiger partial charge in [-0.1, -0.05) is 19.9 Å². The predicted octanol–water partition coefficient (Wildman–Crippen LogP) is 5.42. The number of carbonyl (C=O) groups is 1. The summed E-state index contributed by atoms with van der Waals surface area (Å²) in [4.78, 5) is 19.6. The number of nitrogens with zero attached hydrogens (tertiary/aromatic N) is 4. The van der Waals surface area contributed by atoms with Crippen molar-refractivity contribution < 1.29 is 44.3 Å². The fraction of sp³-hybridized carbons (Fsp3) is 0.548. The number of piperidine rings is 1. The van der Waals surface area contributed by atoms with Crippen LogP contribution in [0.2, 0.25) is 0 Å². The first-order valence-electron chi connectivity index (χ1n) is 15.4. The van der Waals surface area contributed by atoms with E-state index < -0.39 is 71.4 Å². The Hall–Kier alpha value is -3.61. The van der Waals surface area contributed by atoms with Crippen molar-refractivity contribution in [3.05, 3.63) is 69.8 Å². The number of amides is 1. The number of alkyl halides is 9. The molecule has 9 nitrogen and oxygen atoms in total. The van der Waals surface area contributed by atoms with Gasteiger partial charge < -0.3 is 16.0 Å². The number of primary amides is 1.